The molecule has 0 amide bonds. The highest BCUT2D eigenvalue weighted by atomic mass is 16.5. The van der Waals surface area contributed by atoms with E-state index in [1.54, 1.807) is 5.57 Å². The summed E-state index contributed by atoms with van der Waals surface area (Å²) < 4.78 is 5.48. The van der Waals surface area contributed by atoms with E-state index in [-0.39, 0.29) is 0 Å². The van der Waals surface area contributed by atoms with Gasteiger partial charge in [0.2, 0.25) is 0 Å². The third-order valence-corrected chi connectivity index (χ3v) is 4.17. The summed E-state index contributed by atoms with van der Waals surface area (Å²) in [7, 11) is 0. The molecule has 1 atom stereocenters. The maximum absolute atomic E-state index is 5.48. The molecule has 2 aliphatic rings. The predicted molar refractivity (Wildman–Crippen MR) is 72.2 cm³/mol. The summed E-state index contributed by atoms with van der Waals surface area (Å²) in [6.45, 7) is 5.24. The lowest BCUT2D eigenvalue weighted by Crippen LogP contribution is -2.39. The van der Waals surface area contributed by atoms with Gasteiger partial charge in [0.1, 0.15) is 0 Å². The van der Waals surface area contributed by atoms with Gasteiger partial charge in [-0.15, -0.1) is 0 Å². The Hall–Kier alpha value is -0.340. The number of nitrogens with one attached hydrogen (secondary N) is 1. The minimum Gasteiger partial charge on any atom is -0.381 e. The fourth-order valence-corrected chi connectivity index (χ4v) is 3.16. The molecule has 1 fully saturated rings. The lowest BCUT2D eigenvalue weighted by Gasteiger charge is -2.32. The zero-order valence-electron chi connectivity index (χ0n) is 11.2. The van der Waals surface area contributed by atoms with Gasteiger partial charge in [-0.3, -0.25) is 0 Å². The Balaban J connectivity index is 1.88. The van der Waals surface area contributed by atoms with Crippen molar-refractivity contribution in [1.82, 2.24) is 5.32 Å². The van der Waals surface area contributed by atoms with Gasteiger partial charge < -0.3 is 10.1 Å². The van der Waals surface area contributed by atoms with Gasteiger partial charge in [0.05, 0.1) is 0 Å². The molecule has 0 aromatic heterocycles. The van der Waals surface area contributed by atoms with Crippen molar-refractivity contribution in [3.8, 4) is 0 Å². The van der Waals surface area contributed by atoms with Gasteiger partial charge in [-0.1, -0.05) is 18.6 Å². The maximum Gasteiger partial charge on any atom is 0.0469 e. The molecule has 2 nitrogen and oxygen atoms in total. The van der Waals surface area contributed by atoms with Crippen LogP contribution in [0.1, 0.15) is 51.9 Å². The van der Waals surface area contributed by atoms with E-state index < -0.39 is 0 Å². The quantitative estimate of drug-likeness (QED) is 0.741. The number of hydrogen-bond acceptors (Lipinski definition) is 2. The van der Waals surface area contributed by atoms with Gasteiger partial charge in [-0.2, -0.15) is 0 Å². The Bertz CT molecular complexity index is 243. The van der Waals surface area contributed by atoms with Crippen LogP contribution in [0, 0.1) is 5.92 Å². The fourth-order valence-electron chi connectivity index (χ4n) is 3.16. The van der Waals surface area contributed by atoms with E-state index >= 15 is 0 Å². The van der Waals surface area contributed by atoms with E-state index in [1.807, 2.05) is 0 Å². The van der Waals surface area contributed by atoms with E-state index in [0.29, 0.717) is 6.04 Å². The van der Waals surface area contributed by atoms with E-state index in [0.717, 1.165) is 25.7 Å². The largest absolute Gasteiger partial charge is 0.381 e. The monoisotopic (exact) mass is 237 g/mol. The molecule has 0 bridgehead atoms. The zero-order valence-corrected chi connectivity index (χ0v) is 11.2. The summed E-state index contributed by atoms with van der Waals surface area (Å²) in [5, 5.41) is 3.70. The molecule has 0 aromatic carbocycles. The van der Waals surface area contributed by atoms with E-state index in [9.17, 15) is 0 Å². The van der Waals surface area contributed by atoms with Gasteiger partial charge in [-0.05, 0) is 57.4 Å². The highest BCUT2D eigenvalue weighted by Crippen LogP contribution is 2.27. The molecule has 0 spiro atoms. The second-order valence-corrected chi connectivity index (χ2v) is 5.43. The summed E-state index contributed by atoms with van der Waals surface area (Å²) >= 11 is 0. The summed E-state index contributed by atoms with van der Waals surface area (Å²) in [5.74, 6) is 0.825. The first kappa shape index (κ1) is 13.1. The number of hydrogen-bond donors (Lipinski definition) is 1. The SMILES string of the molecule is CCNC(CC1=CCCCC1)C1CCOCC1. The normalized spacial score (nSPS) is 24.4. The van der Waals surface area contributed by atoms with E-state index in [2.05, 4.69) is 18.3 Å². The lowest BCUT2D eigenvalue weighted by molar-refractivity contribution is 0.0538. The molecule has 0 aromatic rings. The van der Waals surface area contributed by atoms with Crippen LogP contribution in [-0.4, -0.2) is 25.8 Å². The predicted octanol–water partition coefficient (Wildman–Crippen LogP) is 3.28. The molecule has 2 heteroatoms. The average molecular weight is 237 g/mol. The van der Waals surface area contributed by atoms with E-state index in [1.165, 1.54) is 44.9 Å². The van der Waals surface area contributed by atoms with Crippen molar-refractivity contribution in [3.05, 3.63) is 11.6 Å². The highest BCUT2D eigenvalue weighted by molar-refractivity contribution is 5.07. The Morgan fingerprint density at radius 2 is 2.18 bits per heavy atom. The number of rotatable bonds is 5. The molecule has 1 unspecified atom stereocenters. The van der Waals surface area contributed by atoms with Crippen molar-refractivity contribution in [2.24, 2.45) is 5.92 Å². The van der Waals surface area contributed by atoms with E-state index in [4.69, 9.17) is 4.74 Å². The van der Waals surface area contributed by atoms with Crippen LogP contribution in [0.15, 0.2) is 11.6 Å². The molecule has 17 heavy (non-hydrogen) atoms. The van der Waals surface area contributed by atoms with Gasteiger partial charge >= 0.3 is 0 Å². The van der Waals surface area contributed by atoms with Crippen LogP contribution in [0.4, 0.5) is 0 Å². The summed E-state index contributed by atoms with van der Waals surface area (Å²) in [6, 6.07) is 0.688. The molecule has 1 heterocycles. The van der Waals surface area contributed by atoms with Gasteiger partial charge in [-0.25, -0.2) is 0 Å². The molecule has 0 saturated carbocycles. The lowest BCUT2D eigenvalue weighted by atomic mass is 9.85. The van der Waals surface area contributed by atoms with Crippen molar-refractivity contribution < 1.29 is 4.74 Å². The van der Waals surface area contributed by atoms with Crippen molar-refractivity contribution in [1.29, 1.82) is 0 Å². The molecule has 1 aliphatic carbocycles. The Labute approximate surface area is 106 Å². The first-order chi connectivity index (χ1) is 8.40. The molecule has 98 valence electrons. The molecule has 2 rings (SSSR count). The second-order valence-electron chi connectivity index (χ2n) is 5.43. The number of ether oxygens (including phenoxy) is 1. The van der Waals surface area contributed by atoms with Crippen molar-refractivity contribution in [3.63, 3.8) is 0 Å². The topological polar surface area (TPSA) is 21.3 Å². The van der Waals surface area contributed by atoms with Crippen LogP contribution in [-0.2, 0) is 4.74 Å². The average Bonchev–Trinajstić information content (AvgIpc) is 2.40. The van der Waals surface area contributed by atoms with Gasteiger partial charge in [0.15, 0.2) is 0 Å². The van der Waals surface area contributed by atoms with Crippen LogP contribution < -0.4 is 5.32 Å². The fraction of sp³-hybridized carbons (Fsp3) is 0.867. The molecule has 1 N–H and O–H groups in total. The summed E-state index contributed by atoms with van der Waals surface area (Å²) in [4.78, 5) is 0. The minimum atomic E-state index is 0.688. The van der Waals surface area contributed by atoms with Gasteiger partial charge in [0.25, 0.3) is 0 Å². The Kier molecular flexibility index (Phi) is 5.53. The molecular formula is C15H27NO. The number of allylic oxidation sites excluding steroid dienone is 1. The van der Waals surface area contributed by atoms with Crippen LogP contribution in [0.25, 0.3) is 0 Å². The van der Waals surface area contributed by atoms with Crippen molar-refractivity contribution >= 4 is 0 Å². The molecular weight excluding hydrogens is 210 g/mol. The Morgan fingerprint density at radius 1 is 1.35 bits per heavy atom. The first-order valence-corrected chi connectivity index (χ1v) is 7.39. The Morgan fingerprint density at radius 3 is 2.82 bits per heavy atom. The second kappa shape index (κ2) is 7.17. The standard InChI is InChI=1S/C15H27NO/c1-2-16-15(14-8-10-17-11-9-14)12-13-6-4-3-5-7-13/h6,14-16H,2-5,7-12H2,1H3. The zero-order chi connectivity index (χ0) is 11.9. The molecule has 1 aliphatic heterocycles. The first-order valence-electron chi connectivity index (χ1n) is 7.39. The van der Waals surface area contributed by atoms with Crippen LogP contribution in [0.3, 0.4) is 0 Å². The van der Waals surface area contributed by atoms with Crippen molar-refractivity contribution in [2.75, 3.05) is 19.8 Å². The third-order valence-electron chi connectivity index (χ3n) is 4.17. The highest BCUT2D eigenvalue weighted by Gasteiger charge is 2.24. The van der Waals surface area contributed by atoms with Crippen LogP contribution in [0.5, 0.6) is 0 Å². The summed E-state index contributed by atoms with van der Waals surface area (Å²) in [5.41, 5.74) is 1.70. The molecule has 1 saturated heterocycles. The minimum absolute atomic E-state index is 0.688. The summed E-state index contributed by atoms with van der Waals surface area (Å²) in [6.07, 6.45) is 11.7. The smallest absolute Gasteiger partial charge is 0.0469 e. The van der Waals surface area contributed by atoms with Crippen LogP contribution >= 0.6 is 0 Å². The third kappa shape index (κ3) is 4.11. The van der Waals surface area contributed by atoms with Crippen LogP contribution in [0.2, 0.25) is 0 Å². The van der Waals surface area contributed by atoms with Gasteiger partial charge in [0, 0.05) is 19.3 Å². The van der Waals surface area contributed by atoms with Crippen molar-refractivity contribution in [2.45, 2.75) is 57.9 Å². The maximum atomic E-state index is 5.48. The molecule has 0 radical (unpaired) electrons.